The fourth-order valence-electron chi connectivity index (χ4n) is 3.84. The summed E-state index contributed by atoms with van der Waals surface area (Å²) in [5, 5.41) is 0. The van der Waals surface area contributed by atoms with Crippen molar-refractivity contribution in [2.24, 2.45) is 0 Å². The van der Waals surface area contributed by atoms with Crippen LogP contribution in [0.25, 0.3) is 0 Å². The summed E-state index contributed by atoms with van der Waals surface area (Å²) in [4.78, 5) is 30.4. The van der Waals surface area contributed by atoms with E-state index in [0.29, 0.717) is 43.9 Å². The first-order valence-electron chi connectivity index (χ1n) is 10.1. The Balaban J connectivity index is 1.77. The van der Waals surface area contributed by atoms with Crippen LogP contribution in [-0.4, -0.2) is 87.1 Å². The molecule has 0 aromatic heterocycles. The molecule has 2 heterocycles. The van der Waals surface area contributed by atoms with Crippen LogP contribution in [0.4, 0.5) is 10.5 Å². The van der Waals surface area contributed by atoms with E-state index < -0.39 is 9.84 Å². The zero-order valence-electron chi connectivity index (χ0n) is 17.0. The van der Waals surface area contributed by atoms with E-state index in [9.17, 15) is 18.0 Å². The minimum absolute atomic E-state index is 0.0225. The van der Waals surface area contributed by atoms with Crippen LogP contribution >= 0.6 is 0 Å². The van der Waals surface area contributed by atoms with E-state index in [1.165, 1.54) is 4.90 Å². The van der Waals surface area contributed by atoms with Gasteiger partial charge in [0.2, 0.25) is 0 Å². The van der Waals surface area contributed by atoms with Crippen molar-refractivity contribution in [3.63, 3.8) is 0 Å². The Morgan fingerprint density at radius 1 is 1.17 bits per heavy atom. The number of amides is 2. The van der Waals surface area contributed by atoms with Gasteiger partial charge in [-0.05, 0) is 43.8 Å². The zero-order chi connectivity index (χ0) is 21.0. The molecule has 2 amide bonds. The lowest BCUT2D eigenvalue weighted by Gasteiger charge is -2.31. The van der Waals surface area contributed by atoms with Crippen LogP contribution in [0.2, 0.25) is 0 Å². The molecule has 0 aliphatic carbocycles. The van der Waals surface area contributed by atoms with Gasteiger partial charge in [0.15, 0.2) is 9.84 Å². The molecule has 2 saturated heterocycles. The SMILES string of the molecule is CCN(CC)CCN(C(=O)c1ccc(N2CCOC2=O)cc1)C1CCS(=O)(=O)C1. The molecule has 0 spiro atoms. The fraction of sp³-hybridized carbons (Fsp3) is 0.600. The van der Waals surface area contributed by atoms with Crippen molar-refractivity contribution in [2.75, 3.05) is 55.7 Å². The quantitative estimate of drug-likeness (QED) is 0.631. The average Bonchev–Trinajstić information content (AvgIpc) is 3.30. The molecular weight excluding hydrogens is 394 g/mol. The second-order valence-electron chi connectivity index (χ2n) is 7.40. The van der Waals surface area contributed by atoms with Gasteiger partial charge in [-0.1, -0.05) is 13.8 Å². The Hall–Kier alpha value is -2.13. The number of hydrogen-bond acceptors (Lipinski definition) is 6. The van der Waals surface area contributed by atoms with Crippen LogP contribution in [0, 0.1) is 0 Å². The fourth-order valence-corrected chi connectivity index (χ4v) is 5.57. The largest absolute Gasteiger partial charge is 0.447 e. The Morgan fingerprint density at radius 2 is 1.86 bits per heavy atom. The third-order valence-corrected chi connectivity index (χ3v) is 7.40. The summed E-state index contributed by atoms with van der Waals surface area (Å²) in [6, 6.07) is 6.55. The van der Waals surface area contributed by atoms with Crippen LogP contribution in [0.5, 0.6) is 0 Å². The molecule has 9 heteroatoms. The molecule has 1 aromatic carbocycles. The van der Waals surface area contributed by atoms with Gasteiger partial charge < -0.3 is 14.5 Å². The highest BCUT2D eigenvalue weighted by atomic mass is 32.2. The number of cyclic esters (lactones) is 1. The molecule has 1 aromatic rings. The van der Waals surface area contributed by atoms with E-state index in [0.717, 1.165) is 13.1 Å². The molecule has 2 fully saturated rings. The van der Waals surface area contributed by atoms with E-state index in [1.54, 1.807) is 29.2 Å². The topological polar surface area (TPSA) is 87.2 Å². The van der Waals surface area contributed by atoms with Crippen molar-refractivity contribution in [1.82, 2.24) is 9.80 Å². The number of rotatable bonds is 8. The van der Waals surface area contributed by atoms with E-state index in [2.05, 4.69) is 18.7 Å². The maximum Gasteiger partial charge on any atom is 0.414 e. The Morgan fingerprint density at radius 3 is 2.38 bits per heavy atom. The van der Waals surface area contributed by atoms with Crippen molar-refractivity contribution in [3.05, 3.63) is 29.8 Å². The molecule has 0 saturated carbocycles. The number of anilines is 1. The summed E-state index contributed by atoms with van der Waals surface area (Å²) in [5.74, 6) is -0.0213. The smallest absolute Gasteiger partial charge is 0.414 e. The first-order valence-corrected chi connectivity index (χ1v) is 11.9. The molecule has 1 unspecified atom stereocenters. The molecule has 0 N–H and O–H groups in total. The van der Waals surface area contributed by atoms with Gasteiger partial charge in [0.1, 0.15) is 6.61 Å². The zero-order valence-corrected chi connectivity index (χ0v) is 17.9. The molecule has 3 rings (SSSR count). The minimum atomic E-state index is -3.10. The predicted molar refractivity (Wildman–Crippen MR) is 111 cm³/mol. The minimum Gasteiger partial charge on any atom is -0.447 e. The van der Waals surface area contributed by atoms with Crippen LogP contribution in [0.1, 0.15) is 30.6 Å². The number of benzene rings is 1. The van der Waals surface area contributed by atoms with Gasteiger partial charge >= 0.3 is 6.09 Å². The lowest BCUT2D eigenvalue weighted by atomic mass is 10.1. The predicted octanol–water partition coefficient (Wildman–Crippen LogP) is 1.61. The van der Waals surface area contributed by atoms with Crippen LogP contribution in [-0.2, 0) is 14.6 Å². The summed E-state index contributed by atoms with van der Waals surface area (Å²) >= 11 is 0. The van der Waals surface area contributed by atoms with Gasteiger partial charge in [0.05, 0.1) is 18.1 Å². The van der Waals surface area contributed by atoms with Gasteiger partial charge in [0.25, 0.3) is 5.91 Å². The van der Waals surface area contributed by atoms with Gasteiger partial charge in [-0.25, -0.2) is 13.2 Å². The molecule has 2 aliphatic rings. The summed E-state index contributed by atoms with van der Waals surface area (Å²) < 4.78 is 28.9. The first kappa shape index (κ1) is 21.6. The van der Waals surface area contributed by atoms with Gasteiger partial charge in [0, 0.05) is 30.4 Å². The molecule has 2 aliphatic heterocycles. The van der Waals surface area contributed by atoms with E-state index in [-0.39, 0.29) is 29.5 Å². The van der Waals surface area contributed by atoms with E-state index in [4.69, 9.17) is 4.74 Å². The highest BCUT2D eigenvalue weighted by Crippen LogP contribution is 2.23. The molecule has 1 atom stereocenters. The van der Waals surface area contributed by atoms with Crippen LogP contribution < -0.4 is 4.90 Å². The maximum absolute atomic E-state index is 13.2. The van der Waals surface area contributed by atoms with Crippen LogP contribution in [0.3, 0.4) is 0 Å². The number of likely N-dealkylation sites (N-methyl/N-ethyl adjacent to an activating group) is 1. The second-order valence-corrected chi connectivity index (χ2v) is 9.62. The number of ether oxygens (including phenoxy) is 1. The lowest BCUT2D eigenvalue weighted by molar-refractivity contribution is 0.0674. The Labute approximate surface area is 172 Å². The van der Waals surface area contributed by atoms with E-state index in [1.807, 2.05) is 0 Å². The Kier molecular flexibility index (Phi) is 6.79. The monoisotopic (exact) mass is 423 g/mol. The third-order valence-electron chi connectivity index (χ3n) is 5.65. The number of carbonyl (C=O) groups excluding carboxylic acids is 2. The molecule has 0 radical (unpaired) electrons. The molecular formula is C20H29N3O5S. The summed E-state index contributed by atoms with van der Waals surface area (Å²) in [7, 11) is -3.10. The van der Waals surface area contributed by atoms with Crippen molar-refractivity contribution in [3.8, 4) is 0 Å². The number of sulfone groups is 1. The summed E-state index contributed by atoms with van der Waals surface area (Å²) in [6.07, 6.45) is 0.0883. The average molecular weight is 424 g/mol. The van der Waals surface area contributed by atoms with Gasteiger partial charge in [-0.15, -0.1) is 0 Å². The normalized spacial score (nSPS) is 20.9. The molecule has 29 heavy (non-hydrogen) atoms. The van der Waals surface area contributed by atoms with Gasteiger partial charge in [-0.3, -0.25) is 9.69 Å². The van der Waals surface area contributed by atoms with Crippen molar-refractivity contribution < 1.29 is 22.7 Å². The molecule has 8 nitrogen and oxygen atoms in total. The van der Waals surface area contributed by atoms with Gasteiger partial charge in [-0.2, -0.15) is 0 Å². The highest BCUT2D eigenvalue weighted by Gasteiger charge is 2.35. The Bertz CT molecular complexity index is 836. The number of nitrogens with zero attached hydrogens (tertiary/aromatic N) is 3. The lowest BCUT2D eigenvalue weighted by Crippen LogP contribution is -2.45. The molecule has 160 valence electrons. The summed E-state index contributed by atoms with van der Waals surface area (Å²) in [5.41, 5.74) is 1.17. The van der Waals surface area contributed by atoms with E-state index >= 15 is 0 Å². The third kappa shape index (κ3) is 5.08. The highest BCUT2D eigenvalue weighted by molar-refractivity contribution is 7.91. The van der Waals surface area contributed by atoms with Crippen LogP contribution in [0.15, 0.2) is 24.3 Å². The number of hydrogen-bond donors (Lipinski definition) is 0. The molecule has 0 bridgehead atoms. The maximum atomic E-state index is 13.2. The number of carbonyl (C=O) groups is 2. The van der Waals surface area contributed by atoms with Crippen molar-refractivity contribution >= 4 is 27.5 Å². The van der Waals surface area contributed by atoms with Crippen molar-refractivity contribution in [2.45, 2.75) is 26.3 Å². The first-order chi connectivity index (χ1) is 13.8. The van der Waals surface area contributed by atoms with Crippen molar-refractivity contribution in [1.29, 1.82) is 0 Å². The second kappa shape index (κ2) is 9.13. The summed E-state index contributed by atoms with van der Waals surface area (Å²) in [6.45, 7) is 7.92. The standard InChI is InChI=1S/C20H29N3O5S/c1-3-21(4-2)10-11-22(18-9-14-29(26,27)15-18)19(24)16-5-7-17(8-6-16)23-12-13-28-20(23)25/h5-8,18H,3-4,9-15H2,1-2H3.